The summed E-state index contributed by atoms with van der Waals surface area (Å²) in [5.41, 5.74) is 4.54. The van der Waals surface area contributed by atoms with Gasteiger partial charge in [0.05, 0.1) is 5.56 Å². The Balaban J connectivity index is 1.34. The van der Waals surface area contributed by atoms with Gasteiger partial charge < -0.3 is 15.4 Å². The van der Waals surface area contributed by atoms with Gasteiger partial charge in [-0.3, -0.25) is 4.79 Å². The Morgan fingerprint density at radius 2 is 1.88 bits per heavy atom. The van der Waals surface area contributed by atoms with Crippen LogP contribution in [0.3, 0.4) is 0 Å². The summed E-state index contributed by atoms with van der Waals surface area (Å²) >= 11 is 1.77. The van der Waals surface area contributed by atoms with Crippen molar-refractivity contribution in [1.82, 2.24) is 5.32 Å². The van der Waals surface area contributed by atoms with Crippen LogP contribution >= 0.6 is 11.3 Å². The van der Waals surface area contributed by atoms with Crippen LogP contribution in [0.5, 0.6) is 5.75 Å². The van der Waals surface area contributed by atoms with Crippen molar-refractivity contribution < 1.29 is 9.53 Å². The van der Waals surface area contributed by atoms with E-state index < -0.39 is 0 Å². The quantitative estimate of drug-likeness (QED) is 0.492. The van der Waals surface area contributed by atoms with Gasteiger partial charge in [-0.25, -0.2) is 0 Å². The molecule has 5 rings (SSSR count). The van der Waals surface area contributed by atoms with E-state index in [-0.39, 0.29) is 12.1 Å². The summed E-state index contributed by atoms with van der Waals surface area (Å²) in [4.78, 5) is 14.5. The Morgan fingerprint density at radius 3 is 2.66 bits per heavy atom. The van der Waals surface area contributed by atoms with E-state index in [9.17, 15) is 4.79 Å². The molecule has 1 aliphatic heterocycles. The van der Waals surface area contributed by atoms with E-state index >= 15 is 0 Å². The maximum atomic E-state index is 13.1. The van der Waals surface area contributed by atoms with E-state index in [1.54, 1.807) is 11.3 Å². The Hall–Kier alpha value is -2.79. The maximum Gasteiger partial charge on any atom is 0.256 e. The first-order chi connectivity index (χ1) is 15.4. The first-order valence-electron chi connectivity index (χ1n) is 11.4. The van der Waals surface area contributed by atoms with E-state index in [2.05, 4.69) is 43.5 Å². The van der Waals surface area contributed by atoms with Crippen molar-refractivity contribution in [3.05, 3.63) is 81.7 Å². The lowest BCUT2D eigenvalue weighted by atomic mass is 9.72. The van der Waals surface area contributed by atoms with Crippen LogP contribution in [0.25, 0.3) is 0 Å². The average molecular weight is 447 g/mol. The molecule has 166 valence electrons. The number of nitrogens with one attached hydrogen (secondary N) is 2. The number of thiophene rings is 1. The minimum atomic E-state index is -0.256. The molecule has 0 unspecified atom stereocenters. The molecule has 0 fully saturated rings. The van der Waals surface area contributed by atoms with Crippen LogP contribution in [0.4, 0.5) is 5.00 Å². The zero-order valence-electron chi connectivity index (χ0n) is 18.9. The van der Waals surface area contributed by atoms with Gasteiger partial charge in [0.2, 0.25) is 0 Å². The van der Waals surface area contributed by atoms with E-state index in [0.717, 1.165) is 46.7 Å². The first kappa shape index (κ1) is 21.1. The molecule has 1 aromatic heterocycles. The molecule has 3 aromatic rings. The van der Waals surface area contributed by atoms with Gasteiger partial charge in [-0.15, -0.1) is 11.3 Å². The number of fused-ring (bicyclic) bond motifs is 3. The fraction of sp³-hybridized carbons (Fsp3) is 0.370. The Bertz CT molecular complexity index is 1130. The summed E-state index contributed by atoms with van der Waals surface area (Å²) in [6.45, 7) is 7.49. The molecule has 2 aliphatic rings. The number of anilines is 1. The van der Waals surface area contributed by atoms with Crippen LogP contribution < -0.4 is 15.4 Å². The van der Waals surface area contributed by atoms with Crippen LogP contribution in [-0.4, -0.2) is 5.91 Å². The molecule has 0 bridgehead atoms. The second-order valence-electron chi connectivity index (χ2n) is 9.91. The third-order valence-corrected chi connectivity index (χ3v) is 7.89. The lowest BCUT2D eigenvalue weighted by Crippen LogP contribution is -2.38. The summed E-state index contributed by atoms with van der Waals surface area (Å²) in [6.07, 6.45) is 2.95. The molecule has 0 saturated heterocycles. The van der Waals surface area contributed by atoms with Gasteiger partial charge in [-0.1, -0.05) is 63.2 Å². The van der Waals surface area contributed by atoms with E-state index in [1.807, 2.05) is 42.5 Å². The minimum absolute atomic E-state index is 0.0334. The molecule has 5 heteroatoms. The fourth-order valence-corrected chi connectivity index (χ4v) is 6.08. The number of hydrogen-bond donors (Lipinski definition) is 2. The molecule has 0 spiro atoms. The van der Waals surface area contributed by atoms with Gasteiger partial charge in [0, 0.05) is 4.88 Å². The highest BCUT2D eigenvalue weighted by atomic mass is 32.1. The van der Waals surface area contributed by atoms with E-state index in [0.29, 0.717) is 17.9 Å². The van der Waals surface area contributed by atoms with Crippen molar-refractivity contribution >= 4 is 22.2 Å². The number of amides is 1. The Morgan fingerprint density at radius 1 is 1.06 bits per heavy atom. The zero-order chi connectivity index (χ0) is 22.3. The van der Waals surface area contributed by atoms with Crippen molar-refractivity contribution in [3.63, 3.8) is 0 Å². The van der Waals surface area contributed by atoms with Gasteiger partial charge in [0.25, 0.3) is 5.91 Å². The third-order valence-electron chi connectivity index (χ3n) is 6.71. The predicted octanol–water partition coefficient (Wildman–Crippen LogP) is 6.33. The highest BCUT2D eigenvalue weighted by Crippen LogP contribution is 2.46. The molecule has 0 saturated carbocycles. The number of hydrogen-bond acceptors (Lipinski definition) is 4. The SMILES string of the molecule is CC(C)(C)[C@H]1CCc2c(sc3c2C(=O)N[C@H](c2cccc(OCc4ccccc4)c2)N3)C1. The summed E-state index contributed by atoms with van der Waals surface area (Å²) in [7, 11) is 0. The number of ether oxygens (including phenoxy) is 1. The van der Waals surface area contributed by atoms with Crippen LogP contribution in [-0.2, 0) is 19.4 Å². The molecule has 32 heavy (non-hydrogen) atoms. The first-order valence-corrected chi connectivity index (χ1v) is 12.2. The van der Waals surface area contributed by atoms with Crippen LogP contribution in [0.2, 0.25) is 0 Å². The smallest absolute Gasteiger partial charge is 0.256 e. The van der Waals surface area contributed by atoms with Crippen LogP contribution in [0.1, 0.15) is 65.3 Å². The molecular weight excluding hydrogens is 416 g/mol. The van der Waals surface area contributed by atoms with Crippen molar-refractivity contribution in [1.29, 1.82) is 0 Å². The van der Waals surface area contributed by atoms with Crippen molar-refractivity contribution in [2.45, 2.75) is 52.8 Å². The molecule has 1 amide bonds. The lowest BCUT2D eigenvalue weighted by Gasteiger charge is -2.34. The van der Waals surface area contributed by atoms with Gasteiger partial charge in [0.1, 0.15) is 23.5 Å². The molecule has 2 atom stereocenters. The van der Waals surface area contributed by atoms with Crippen LogP contribution in [0, 0.1) is 11.3 Å². The van der Waals surface area contributed by atoms with Crippen molar-refractivity contribution in [3.8, 4) is 5.75 Å². The Kier molecular flexibility index (Phi) is 5.46. The summed E-state index contributed by atoms with van der Waals surface area (Å²) < 4.78 is 5.99. The molecule has 0 radical (unpaired) electrons. The van der Waals surface area contributed by atoms with E-state index in [1.165, 1.54) is 10.4 Å². The fourth-order valence-electron chi connectivity index (χ4n) is 4.73. The molecule has 1 aliphatic carbocycles. The molecule has 2 N–H and O–H groups in total. The van der Waals surface area contributed by atoms with Crippen LogP contribution in [0.15, 0.2) is 54.6 Å². The zero-order valence-corrected chi connectivity index (χ0v) is 19.7. The molecule has 2 aromatic carbocycles. The summed E-state index contributed by atoms with van der Waals surface area (Å²) in [5.74, 6) is 1.49. The molecular formula is C27H30N2O2S. The monoisotopic (exact) mass is 446 g/mol. The second kappa shape index (κ2) is 8.28. The number of rotatable bonds is 4. The number of benzene rings is 2. The maximum absolute atomic E-state index is 13.1. The number of carbonyl (C=O) groups excluding carboxylic acids is 1. The largest absolute Gasteiger partial charge is 0.489 e. The summed E-state index contributed by atoms with van der Waals surface area (Å²) in [6, 6.07) is 18.1. The standard InChI is InChI=1S/C27H30N2O2S/c1-27(2,3)19-12-13-21-22(15-19)32-26-23(21)25(30)28-24(29-26)18-10-7-11-20(14-18)31-16-17-8-5-4-6-9-17/h4-11,14,19,24,29H,12-13,15-16H2,1-3H3,(H,28,30)/t19-,24-/m0/s1. The summed E-state index contributed by atoms with van der Waals surface area (Å²) in [5, 5.41) is 7.76. The van der Waals surface area contributed by atoms with Gasteiger partial charge >= 0.3 is 0 Å². The van der Waals surface area contributed by atoms with Gasteiger partial charge in [0.15, 0.2) is 0 Å². The van der Waals surface area contributed by atoms with Gasteiger partial charge in [-0.05, 0) is 59.4 Å². The Labute approximate surface area is 194 Å². The topological polar surface area (TPSA) is 50.4 Å². The highest BCUT2D eigenvalue weighted by molar-refractivity contribution is 7.16. The van der Waals surface area contributed by atoms with E-state index in [4.69, 9.17) is 4.74 Å². The second-order valence-corrected chi connectivity index (χ2v) is 11.0. The molecule has 4 nitrogen and oxygen atoms in total. The minimum Gasteiger partial charge on any atom is -0.489 e. The predicted molar refractivity (Wildman–Crippen MR) is 130 cm³/mol. The van der Waals surface area contributed by atoms with Crippen molar-refractivity contribution in [2.75, 3.05) is 5.32 Å². The number of carbonyl (C=O) groups is 1. The third kappa shape index (κ3) is 4.14. The normalized spacial score (nSPS) is 20.0. The highest BCUT2D eigenvalue weighted by Gasteiger charge is 2.36. The molecule has 2 heterocycles. The van der Waals surface area contributed by atoms with Gasteiger partial charge in [-0.2, -0.15) is 0 Å². The van der Waals surface area contributed by atoms with Crippen molar-refractivity contribution in [2.24, 2.45) is 11.3 Å². The lowest BCUT2D eigenvalue weighted by molar-refractivity contribution is 0.0934. The average Bonchev–Trinajstić information content (AvgIpc) is 3.16.